The van der Waals surface area contributed by atoms with E-state index in [1.807, 2.05) is 24.3 Å². The minimum absolute atomic E-state index is 0.117. The summed E-state index contributed by atoms with van der Waals surface area (Å²) in [6.45, 7) is 5.63. The van der Waals surface area contributed by atoms with Crippen molar-refractivity contribution in [3.8, 4) is 17.2 Å². The number of carbonyl (C=O) groups is 1. The second-order valence-corrected chi connectivity index (χ2v) is 7.59. The number of hydrogen-bond donors (Lipinski definition) is 0. The minimum Gasteiger partial charge on any atom is -0.493 e. The number of fused-ring (bicyclic) bond motifs is 1. The Morgan fingerprint density at radius 1 is 1.37 bits per heavy atom. The fraction of sp³-hybridized carbons (Fsp3) is 0.250. The number of nitrogens with zero attached hydrogens (tertiary/aromatic N) is 1. The molecule has 2 heterocycles. The predicted molar refractivity (Wildman–Crippen MR) is 108 cm³/mol. The summed E-state index contributed by atoms with van der Waals surface area (Å²) in [5.74, 6) is 1.67. The zero-order chi connectivity index (χ0) is 19.2. The average molecular weight is 406 g/mol. The Bertz CT molecular complexity index is 844. The molecule has 0 spiro atoms. The highest BCUT2D eigenvalue weighted by atomic mass is 35.5. The Kier molecular flexibility index (Phi) is 6.42. The Labute approximate surface area is 167 Å². The molecule has 0 bridgehead atoms. The first-order valence-electron chi connectivity index (χ1n) is 8.40. The quantitative estimate of drug-likeness (QED) is 0.505. The van der Waals surface area contributed by atoms with E-state index in [2.05, 4.69) is 6.58 Å². The molecule has 1 aliphatic rings. The highest BCUT2D eigenvalue weighted by molar-refractivity contribution is 7.16. The smallest absolute Gasteiger partial charge is 0.247 e. The van der Waals surface area contributed by atoms with Crippen molar-refractivity contribution in [2.75, 3.05) is 26.9 Å². The van der Waals surface area contributed by atoms with Gasteiger partial charge in [0.15, 0.2) is 11.5 Å². The molecule has 0 unspecified atom stereocenters. The Hall–Kier alpha value is -2.44. The molecule has 0 saturated carbocycles. The van der Waals surface area contributed by atoms with Crippen LogP contribution in [0.1, 0.15) is 10.4 Å². The van der Waals surface area contributed by atoms with Crippen LogP contribution in [0.3, 0.4) is 0 Å². The second kappa shape index (κ2) is 8.97. The van der Waals surface area contributed by atoms with Gasteiger partial charge in [0, 0.05) is 17.5 Å². The molecule has 0 radical (unpaired) electrons. The van der Waals surface area contributed by atoms with Crippen molar-refractivity contribution >= 4 is 34.9 Å². The maximum absolute atomic E-state index is 12.6. The van der Waals surface area contributed by atoms with Crippen LogP contribution >= 0.6 is 22.9 Å². The molecule has 1 amide bonds. The first-order valence-corrected chi connectivity index (χ1v) is 9.60. The number of benzene rings is 1. The van der Waals surface area contributed by atoms with Gasteiger partial charge in [-0.3, -0.25) is 4.79 Å². The van der Waals surface area contributed by atoms with E-state index in [0.29, 0.717) is 47.9 Å². The van der Waals surface area contributed by atoms with Gasteiger partial charge in [0.25, 0.3) is 0 Å². The summed E-state index contributed by atoms with van der Waals surface area (Å²) in [7, 11) is 1.57. The molecule has 1 aromatic heterocycles. The molecular weight excluding hydrogens is 386 g/mol. The molecule has 2 aromatic rings. The third-order valence-electron chi connectivity index (χ3n) is 3.91. The molecule has 3 rings (SSSR count). The van der Waals surface area contributed by atoms with Crippen LogP contribution in [0.2, 0.25) is 4.34 Å². The summed E-state index contributed by atoms with van der Waals surface area (Å²) in [6, 6.07) is 7.40. The molecular formula is C20H20ClNO4S. The van der Waals surface area contributed by atoms with E-state index in [4.69, 9.17) is 25.8 Å². The Morgan fingerprint density at radius 2 is 2.19 bits per heavy atom. The van der Waals surface area contributed by atoms with E-state index in [9.17, 15) is 4.79 Å². The fourth-order valence-electron chi connectivity index (χ4n) is 2.68. The normalized spacial score (nSPS) is 12.8. The molecule has 1 aromatic carbocycles. The number of halogens is 1. The monoisotopic (exact) mass is 405 g/mol. The van der Waals surface area contributed by atoms with Crippen molar-refractivity contribution in [2.24, 2.45) is 0 Å². The van der Waals surface area contributed by atoms with Crippen LogP contribution in [0.15, 0.2) is 43.0 Å². The van der Waals surface area contributed by atoms with Crippen LogP contribution < -0.4 is 14.2 Å². The zero-order valence-corrected chi connectivity index (χ0v) is 16.5. The van der Waals surface area contributed by atoms with E-state index in [1.54, 1.807) is 24.2 Å². The van der Waals surface area contributed by atoms with Crippen molar-refractivity contribution < 1.29 is 19.0 Å². The lowest BCUT2D eigenvalue weighted by atomic mass is 10.1. The summed E-state index contributed by atoms with van der Waals surface area (Å²) in [6.07, 6.45) is 4.97. The van der Waals surface area contributed by atoms with E-state index in [1.165, 1.54) is 17.4 Å². The van der Waals surface area contributed by atoms with Gasteiger partial charge < -0.3 is 19.1 Å². The second-order valence-electron chi connectivity index (χ2n) is 5.79. The van der Waals surface area contributed by atoms with Gasteiger partial charge in [-0.2, -0.15) is 0 Å². The van der Waals surface area contributed by atoms with Gasteiger partial charge in [-0.1, -0.05) is 17.7 Å². The largest absolute Gasteiger partial charge is 0.493 e. The summed E-state index contributed by atoms with van der Waals surface area (Å²) in [4.78, 5) is 15.4. The lowest BCUT2D eigenvalue weighted by Crippen LogP contribution is -2.28. The van der Waals surface area contributed by atoms with Gasteiger partial charge >= 0.3 is 0 Å². The number of hydrogen-bond acceptors (Lipinski definition) is 5. The lowest BCUT2D eigenvalue weighted by Gasteiger charge is -2.21. The summed E-state index contributed by atoms with van der Waals surface area (Å²) in [5, 5.41) is 0. The topological polar surface area (TPSA) is 48.0 Å². The van der Waals surface area contributed by atoms with Gasteiger partial charge in [0.05, 0.1) is 18.0 Å². The van der Waals surface area contributed by atoms with Gasteiger partial charge in [0.1, 0.15) is 13.2 Å². The maximum atomic E-state index is 12.6. The van der Waals surface area contributed by atoms with Crippen LogP contribution in [-0.2, 0) is 11.3 Å². The third kappa shape index (κ3) is 4.84. The molecule has 0 saturated heterocycles. The molecule has 142 valence electrons. The highest BCUT2D eigenvalue weighted by Gasteiger charge is 2.18. The van der Waals surface area contributed by atoms with Crippen LogP contribution in [0.5, 0.6) is 17.2 Å². The number of carbonyl (C=O) groups excluding carboxylic acids is 1. The van der Waals surface area contributed by atoms with Crippen molar-refractivity contribution in [2.45, 2.75) is 6.54 Å². The predicted octanol–water partition coefficient (Wildman–Crippen LogP) is 4.41. The maximum Gasteiger partial charge on any atom is 0.247 e. The fourth-order valence-corrected chi connectivity index (χ4v) is 3.78. The van der Waals surface area contributed by atoms with E-state index in [0.717, 1.165) is 10.4 Å². The molecule has 0 atom stereocenters. The molecule has 0 fully saturated rings. The Morgan fingerprint density at radius 3 is 2.89 bits per heavy atom. The van der Waals surface area contributed by atoms with E-state index < -0.39 is 0 Å². The van der Waals surface area contributed by atoms with Crippen LogP contribution in [0.25, 0.3) is 6.08 Å². The standard InChI is InChI=1S/C20H20ClNO4S/c1-3-8-22(13-15-5-6-18(21)27-15)19(23)7-4-14-11-16(24-2)20-17(12-14)25-9-10-26-20/h3-7,11-12H,1,8-10,13H2,2H3. The summed E-state index contributed by atoms with van der Waals surface area (Å²) >= 11 is 7.44. The highest BCUT2D eigenvalue weighted by Crippen LogP contribution is 2.40. The summed E-state index contributed by atoms with van der Waals surface area (Å²) in [5.41, 5.74) is 0.794. The van der Waals surface area contributed by atoms with Gasteiger partial charge in [-0.05, 0) is 35.9 Å². The van der Waals surface area contributed by atoms with Crippen molar-refractivity contribution in [1.29, 1.82) is 0 Å². The van der Waals surface area contributed by atoms with Crippen LogP contribution in [0, 0.1) is 0 Å². The van der Waals surface area contributed by atoms with Crippen LogP contribution in [-0.4, -0.2) is 37.7 Å². The molecule has 27 heavy (non-hydrogen) atoms. The van der Waals surface area contributed by atoms with Crippen molar-refractivity contribution in [3.05, 3.63) is 57.8 Å². The summed E-state index contributed by atoms with van der Waals surface area (Å²) < 4.78 is 17.3. The SMILES string of the molecule is C=CCN(Cc1ccc(Cl)s1)C(=O)C=Cc1cc(OC)c2c(c1)OCCO2. The number of rotatable bonds is 7. The number of ether oxygens (including phenoxy) is 3. The lowest BCUT2D eigenvalue weighted by molar-refractivity contribution is -0.126. The number of amides is 1. The first kappa shape index (κ1) is 19.3. The molecule has 7 heteroatoms. The molecule has 0 aliphatic carbocycles. The first-order chi connectivity index (χ1) is 13.1. The van der Waals surface area contributed by atoms with Gasteiger partial charge in [-0.25, -0.2) is 0 Å². The minimum atomic E-state index is -0.117. The Balaban J connectivity index is 1.76. The van der Waals surface area contributed by atoms with Crippen molar-refractivity contribution in [3.63, 3.8) is 0 Å². The van der Waals surface area contributed by atoms with Crippen molar-refractivity contribution in [1.82, 2.24) is 4.90 Å². The zero-order valence-electron chi connectivity index (χ0n) is 14.9. The number of thiophene rings is 1. The van der Waals surface area contributed by atoms with Gasteiger partial charge in [-0.15, -0.1) is 17.9 Å². The third-order valence-corrected chi connectivity index (χ3v) is 5.12. The van der Waals surface area contributed by atoms with E-state index in [-0.39, 0.29) is 5.91 Å². The molecule has 5 nitrogen and oxygen atoms in total. The van der Waals surface area contributed by atoms with E-state index >= 15 is 0 Å². The van der Waals surface area contributed by atoms with Crippen LogP contribution in [0.4, 0.5) is 0 Å². The molecule has 0 N–H and O–H groups in total. The average Bonchev–Trinajstić information content (AvgIpc) is 3.09. The molecule has 1 aliphatic heterocycles. The van der Waals surface area contributed by atoms with Gasteiger partial charge in [0.2, 0.25) is 11.7 Å². The number of methoxy groups -OCH3 is 1.